The summed E-state index contributed by atoms with van der Waals surface area (Å²) in [5, 5.41) is 6.65. The first-order valence-electron chi connectivity index (χ1n) is 3.20. The number of nitrogens with zero attached hydrogens (tertiary/aromatic N) is 2. The Morgan fingerprint density at radius 2 is 2.44 bits per heavy atom. The van der Waals surface area contributed by atoms with Crippen molar-refractivity contribution in [2.24, 2.45) is 0 Å². The number of H-pyrrole nitrogens is 1. The van der Waals surface area contributed by atoms with Crippen LogP contribution in [-0.4, -0.2) is 23.3 Å². The molecule has 3 heteroatoms. The summed E-state index contributed by atoms with van der Waals surface area (Å²) in [7, 11) is 0. The molecule has 2 rings (SSSR count). The second-order valence-electron chi connectivity index (χ2n) is 2.30. The molecule has 1 aromatic rings. The molecule has 0 spiro atoms. The van der Waals surface area contributed by atoms with Crippen LogP contribution in [-0.2, 0) is 0 Å². The third-order valence-corrected chi connectivity index (χ3v) is 1.70. The van der Waals surface area contributed by atoms with Gasteiger partial charge in [0.2, 0.25) is 0 Å². The Morgan fingerprint density at radius 1 is 1.56 bits per heavy atom. The van der Waals surface area contributed by atoms with E-state index in [1.165, 1.54) is 25.2 Å². The summed E-state index contributed by atoms with van der Waals surface area (Å²) in [6.45, 7) is 2.39. The number of nitrogens with one attached hydrogen (secondary N) is 1. The minimum atomic E-state index is 1.19. The highest BCUT2D eigenvalue weighted by atomic mass is 15.2. The first-order chi connectivity index (χ1) is 4.47. The Hall–Kier alpha value is -0.990. The molecule has 1 saturated heterocycles. The van der Waals surface area contributed by atoms with Gasteiger partial charge in [-0.1, -0.05) is 0 Å². The highest BCUT2D eigenvalue weighted by molar-refractivity contribution is 5.43. The third kappa shape index (κ3) is 0.686. The van der Waals surface area contributed by atoms with Crippen LogP contribution >= 0.6 is 0 Å². The van der Waals surface area contributed by atoms with Crippen molar-refractivity contribution in [1.29, 1.82) is 0 Å². The van der Waals surface area contributed by atoms with E-state index in [-0.39, 0.29) is 0 Å². The van der Waals surface area contributed by atoms with Crippen LogP contribution in [0.15, 0.2) is 12.4 Å². The standard InChI is InChI=1S/C6H9N3/c1-2-9(3-1)6-4-7-8-5-6/h4-5H,1-3H2,(H,7,8). The normalized spacial score (nSPS) is 17.6. The van der Waals surface area contributed by atoms with Crippen LogP contribution in [0.5, 0.6) is 0 Å². The molecule has 1 aliphatic heterocycles. The molecule has 9 heavy (non-hydrogen) atoms. The number of hydrogen-bond donors (Lipinski definition) is 1. The van der Waals surface area contributed by atoms with Gasteiger partial charge in [0.1, 0.15) is 0 Å². The first kappa shape index (κ1) is 4.85. The maximum atomic E-state index is 3.86. The predicted molar refractivity (Wildman–Crippen MR) is 35.4 cm³/mol. The summed E-state index contributed by atoms with van der Waals surface area (Å²) in [6, 6.07) is 0. The molecule has 0 aromatic carbocycles. The van der Waals surface area contributed by atoms with Gasteiger partial charge in [-0.3, -0.25) is 5.10 Å². The van der Waals surface area contributed by atoms with E-state index >= 15 is 0 Å². The van der Waals surface area contributed by atoms with Crippen LogP contribution < -0.4 is 4.90 Å². The van der Waals surface area contributed by atoms with Crippen LogP contribution in [0.2, 0.25) is 0 Å². The molecule has 48 valence electrons. The van der Waals surface area contributed by atoms with Gasteiger partial charge >= 0.3 is 0 Å². The van der Waals surface area contributed by atoms with Crippen molar-refractivity contribution in [1.82, 2.24) is 10.2 Å². The fraction of sp³-hybridized carbons (Fsp3) is 0.500. The monoisotopic (exact) mass is 123 g/mol. The molecule has 1 N–H and O–H groups in total. The molecule has 0 atom stereocenters. The molecule has 0 bridgehead atoms. The van der Waals surface area contributed by atoms with E-state index in [0.29, 0.717) is 0 Å². The minimum Gasteiger partial charge on any atom is -0.369 e. The van der Waals surface area contributed by atoms with Crippen molar-refractivity contribution in [2.75, 3.05) is 18.0 Å². The highest BCUT2D eigenvalue weighted by Gasteiger charge is 2.13. The molecule has 0 radical (unpaired) electrons. The number of hydrogen-bond acceptors (Lipinski definition) is 2. The SMILES string of the molecule is c1n[nH]cc1N1CCC1. The van der Waals surface area contributed by atoms with Crippen LogP contribution in [0.4, 0.5) is 5.69 Å². The number of aromatic amines is 1. The fourth-order valence-electron chi connectivity index (χ4n) is 0.991. The maximum Gasteiger partial charge on any atom is 0.0749 e. The predicted octanol–water partition coefficient (Wildman–Crippen LogP) is 0.620. The molecular weight excluding hydrogens is 114 g/mol. The van der Waals surface area contributed by atoms with Gasteiger partial charge in [-0.2, -0.15) is 5.10 Å². The lowest BCUT2D eigenvalue weighted by Gasteiger charge is -2.31. The molecule has 1 fully saturated rings. The lowest BCUT2D eigenvalue weighted by atomic mass is 10.2. The van der Waals surface area contributed by atoms with E-state index in [0.717, 1.165) is 0 Å². The number of aromatic nitrogens is 2. The van der Waals surface area contributed by atoms with Gasteiger partial charge in [0.05, 0.1) is 11.9 Å². The van der Waals surface area contributed by atoms with Gasteiger partial charge in [-0.15, -0.1) is 0 Å². The van der Waals surface area contributed by atoms with Crippen molar-refractivity contribution in [3.63, 3.8) is 0 Å². The topological polar surface area (TPSA) is 31.9 Å². The van der Waals surface area contributed by atoms with Gasteiger partial charge in [0.15, 0.2) is 0 Å². The van der Waals surface area contributed by atoms with E-state index < -0.39 is 0 Å². The van der Waals surface area contributed by atoms with Crippen LogP contribution in [0.1, 0.15) is 6.42 Å². The first-order valence-corrected chi connectivity index (χ1v) is 3.20. The Bertz CT molecular complexity index is 176. The van der Waals surface area contributed by atoms with Gasteiger partial charge in [0.25, 0.3) is 0 Å². The van der Waals surface area contributed by atoms with Crippen molar-refractivity contribution in [3.8, 4) is 0 Å². The Morgan fingerprint density at radius 3 is 2.89 bits per heavy atom. The molecule has 0 aliphatic carbocycles. The fourth-order valence-corrected chi connectivity index (χ4v) is 0.991. The second-order valence-corrected chi connectivity index (χ2v) is 2.30. The van der Waals surface area contributed by atoms with Crippen LogP contribution in [0.3, 0.4) is 0 Å². The van der Waals surface area contributed by atoms with E-state index in [9.17, 15) is 0 Å². The van der Waals surface area contributed by atoms with Crippen molar-refractivity contribution in [3.05, 3.63) is 12.4 Å². The smallest absolute Gasteiger partial charge is 0.0749 e. The van der Waals surface area contributed by atoms with E-state index in [1.54, 1.807) is 0 Å². The van der Waals surface area contributed by atoms with Gasteiger partial charge < -0.3 is 4.90 Å². The molecule has 0 unspecified atom stereocenters. The van der Waals surface area contributed by atoms with E-state index in [1.807, 2.05) is 12.4 Å². The minimum absolute atomic E-state index is 1.19. The molecular formula is C6H9N3. The van der Waals surface area contributed by atoms with Crippen molar-refractivity contribution in [2.45, 2.75) is 6.42 Å². The summed E-state index contributed by atoms with van der Waals surface area (Å²) >= 11 is 0. The number of rotatable bonds is 1. The Labute approximate surface area is 53.7 Å². The maximum absolute atomic E-state index is 3.86. The van der Waals surface area contributed by atoms with Crippen molar-refractivity contribution < 1.29 is 0 Å². The van der Waals surface area contributed by atoms with Crippen LogP contribution in [0, 0.1) is 0 Å². The number of anilines is 1. The summed E-state index contributed by atoms with van der Waals surface area (Å²) in [6.07, 6.45) is 5.11. The molecule has 0 amide bonds. The quantitative estimate of drug-likeness (QED) is 0.593. The van der Waals surface area contributed by atoms with Gasteiger partial charge in [0, 0.05) is 19.3 Å². The van der Waals surface area contributed by atoms with Crippen molar-refractivity contribution >= 4 is 5.69 Å². The summed E-state index contributed by atoms with van der Waals surface area (Å²) in [4.78, 5) is 2.30. The molecule has 1 aliphatic rings. The second kappa shape index (κ2) is 1.76. The third-order valence-electron chi connectivity index (χ3n) is 1.70. The summed E-state index contributed by atoms with van der Waals surface area (Å²) in [5.41, 5.74) is 1.22. The lowest BCUT2D eigenvalue weighted by Crippen LogP contribution is -2.36. The van der Waals surface area contributed by atoms with Gasteiger partial charge in [-0.05, 0) is 6.42 Å². The largest absolute Gasteiger partial charge is 0.369 e. The molecule has 1 aromatic heterocycles. The molecule has 3 nitrogen and oxygen atoms in total. The van der Waals surface area contributed by atoms with E-state index in [2.05, 4.69) is 15.1 Å². The highest BCUT2D eigenvalue weighted by Crippen LogP contribution is 2.17. The average Bonchev–Trinajstić information content (AvgIpc) is 2.11. The zero-order valence-corrected chi connectivity index (χ0v) is 5.17. The summed E-state index contributed by atoms with van der Waals surface area (Å²) in [5.74, 6) is 0. The summed E-state index contributed by atoms with van der Waals surface area (Å²) < 4.78 is 0. The van der Waals surface area contributed by atoms with E-state index in [4.69, 9.17) is 0 Å². The van der Waals surface area contributed by atoms with Gasteiger partial charge in [-0.25, -0.2) is 0 Å². The Balaban J connectivity index is 2.14. The zero-order chi connectivity index (χ0) is 6.10. The molecule has 2 heterocycles. The average molecular weight is 123 g/mol. The zero-order valence-electron chi connectivity index (χ0n) is 5.17. The van der Waals surface area contributed by atoms with Crippen LogP contribution in [0.25, 0.3) is 0 Å². The Kier molecular flexibility index (Phi) is 0.946. The lowest BCUT2D eigenvalue weighted by molar-refractivity contribution is 0.618. The molecule has 0 saturated carbocycles.